The van der Waals surface area contributed by atoms with Crippen molar-refractivity contribution < 1.29 is 4.79 Å². The number of nitrogens with one attached hydrogen (secondary N) is 1. The van der Waals surface area contributed by atoms with Gasteiger partial charge < -0.3 is 5.32 Å². The summed E-state index contributed by atoms with van der Waals surface area (Å²) in [6, 6.07) is 2.59. The van der Waals surface area contributed by atoms with Gasteiger partial charge in [-0.2, -0.15) is 0 Å². The van der Waals surface area contributed by atoms with E-state index in [4.69, 9.17) is 0 Å². The number of hydrogen-bond acceptors (Lipinski definition) is 2. The highest BCUT2D eigenvalue weighted by atomic mass is 32.2. The molecule has 23 heavy (non-hydrogen) atoms. The molecule has 1 aromatic rings. The summed E-state index contributed by atoms with van der Waals surface area (Å²) in [6.45, 7) is 13.2. The maximum absolute atomic E-state index is 12.4. The minimum Gasteiger partial charge on any atom is -0.352 e. The highest BCUT2D eigenvalue weighted by Gasteiger charge is 2.28. The van der Waals surface area contributed by atoms with Gasteiger partial charge in [-0.05, 0) is 68.2 Å². The van der Waals surface area contributed by atoms with E-state index in [2.05, 4.69) is 52.9 Å². The van der Waals surface area contributed by atoms with E-state index in [9.17, 15) is 4.79 Å². The molecular formula is C20H31NOS. The van der Waals surface area contributed by atoms with Crippen LogP contribution in [0.3, 0.4) is 0 Å². The van der Waals surface area contributed by atoms with Crippen molar-refractivity contribution in [3.8, 4) is 0 Å². The molecule has 0 radical (unpaired) electrons. The number of amides is 1. The predicted molar refractivity (Wildman–Crippen MR) is 100 cm³/mol. The molecular weight excluding hydrogens is 302 g/mol. The van der Waals surface area contributed by atoms with Crippen LogP contribution in [0, 0.1) is 39.5 Å². The van der Waals surface area contributed by atoms with Crippen LogP contribution >= 0.6 is 11.8 Å². The quantitative estimate of drug-likeness (QED) is 0.790. The molecule has 2 nitrogen and oxygen atoms in total. The SMILES string of the molecule is Cc1cc(C)c(C)c(SCC(=O)N[C@@H]2CCC[C@@H](C)[C@@H]2C)c1C. The third-order valence-electron chi connectivity index (χ3n) is 5.70. The lowest BCUT2D eigenvalue weighted by Crippen LogP contribution is -2.44. The Morgan fingerprint density at radius 1 is 1.13 bits per heavy atom. The third-order valence-corrected chi connectivity index (χ3v) is 7.01. The zero-order valence-electron chi connectivity index (χ0n) is 15.5. The average Bonchev–Trinajstić information content (AvgIpc) is 2.50. The zero-order valence-corrected chi connectivity index (χ0v) is 16.3. The van der Waals surface area contributed by atoms with Crippen LogP contribution in [0.5, 0.6) is 0 Å². The van der Waals surface area contributed by atoms with Gasteiger partial charge in [0.2, 0.25) is 5.91 Å². The molecule has 128 valence electrons. The highest BCUT2D eigenvalue weighted by molar-refractivity contribution is 8.00. The first kappa shape index (κ1) is 18.4. The summed E-state index contributed by atoms with van der Waals surface area (Å²) in [5.41, 5.74) is 5.24. The monoisotopic (exact) mass is 333 g/mol. The molecule has 1 aromatic carbocycles. The Morgan fingerprint density at radius 2 is 1.74 bits per heavy atom. The van der Waals surface area contributed by atoms with Crippen LogP contribution in [0.1, 0.15) is 55.4 Å². The van der Waals surface area contributed by atoms with Gasteiger partial charge in [-0.25, -0.2) is 0 Å². The van der Waals surface area contributed by atoms with Crippen molar-refractivity contribution in [2.45, 2.75) is 71.7 Å². The van der Waals surface area contributed by atoms with Crippen molar-refractivity contribution in [2.24, 2.45) is 11.8 Å². The van der Waals surface area contributed by atoms with Gasteiger partial charge in [0.15, 0.2) is 0 Å². The van der Waals surface area contributed by atoms with Crippen LogP contribution in [0.2, 0.25) is 0 Å². The van der Waals surface area contributed by atoms with Crippen LogP contribution < -0.4 is 5.32 Å². The van der Waals surface area contributed by atoms with Crippen molar-refractivity contribution in [1.82, 2.24) is 5.32 Å². The third kappa shape index (κ3) is 4.32. The Labute approximate surface area is 145 Å². The molecule has 0 saturated heterocycles. The van der Waals surface area contributed by atoms with Gasteiger partial charge in [-0.1, -0.05) is 32.8 Å². The van der Waals surface area contributed by atoms with E-state index in [-0.39, 0.29) is 5.91 Å². The molecule has 0 aromatic heterocycles. The molecule has 2 rings (SSSR count). The summed E-state index contributed by atoms with van der Waals surface area (Å²) in [5, 5.41) is 3.28. The molecule has 0 heterocycles. The smallest absolute Gasteiger partial charge is 0.230 e. The minimum atomic E-state index is 0.180. The van der Waals surface area contributed by atoms with E-state index in [1.165, 1.54) is 40.0 Å². The molecule has 1 aliphatic carbocycles. The number of hydrogen-bond donors (Lipinski definition) is 1. The van der Waals surface area contributed by atoms with E-state index in [0.29, 0.717) is 23.6 Å². The molecule has 0 spiro atoms. The lowest BCUT2D eigenvalue weighted by molar-refractivity contribution is -0.119. The lowest BCUT2D eigenvalue weighted by Gasteiger charge is -2.34. The summed E-state index contributed by atoms with van der Waals surface area (Å²) in [5.74, 6) is 1.99. The average molecular weight is 334 g/mol. The van der Waals surface area contributed by atoms with Crippen LogP contribution in [0.4, 0.5) is 0 Å². The van der Waals surface area contributed by atoms with E-state index >= 15 is 0 Å². The van der Waals surface area contributed by atoms with Crippen LogP contribution in [-0.2, 0) is 4.79 Å². The molecule has 1 amide bonds. The van der Waals surface area contributed by atoms with Gasteiger partial charge in [-0.15, -0.1) is 11.8 Å². The molecule has 1 saturated carbocycles. The van der Waals surface area contributed by atoms with Crippen LogP contribution in [0.15, 0.2) is 11.0 Å². The molecule has 1 fully saturated rings. The maximum atomic E-state index is 12.4. The first-order valence-electron chi connectivity index (χ1n) is 8.80. The number of carbonyl (C=O) groups is 1. The molecule has 1 aliphatic rings. The lowest BCUT2D eigenvalue weighted by atomic mass is 9.78. The van der Waals surface area contributed by atoms with E-state index < -0.39 is 0 Å². The van der Waals surface area contributed by atoms with Gasteiger partial charge >= 0.3 is 0 Å². The standard InChI is InChI=1S/C20H31NOS/c1-12-8-7-9-18(15(12)4)21-19(22)11-23-20-16(5)13(2)10-14(3)17(20)6/h10,12,15,18H,7-9,11H2,1-6H3,(H,21,22)/t12-,15+,18-/m1/s1. The van der Waals surface area contributed by atoms with Gasteiger partial charge in [0.25, 0.3) is 0 Å². The normalized spacial score (nSPS) is 24.5. The summed E-state index contributed by atoms with van der Waals surface area (Å²) in [7, 11) is 0. The van der Waals surface area contributed by atoms with Gasteiger partial charge in [-0.3, -0.25) is 4.79 Å². The van der Waals surface area contributed by atoms with Crippen molar-refractivity contribution >= 4 is 17.7 Å². The number of aryl methyl sites for hydroxylation is 2. The molecule has 0 aliphatic heterocycles. The Morgan fingerprint density at radius 3 is 2.35 bits per heavy atom. The highest BCUT2D eigenvalue weighted by Crippen LogP contribution is 2.32. The predicted octanol–water partition coefficient (Wildman–Crippen LogP) is 4.95. The number of carbonyl (C=O) groups excluding carboxylic acids is 1. The van der Waals surface area contributed by atoms with E-state index in [1.807, 2.05) is 0 Å². The summed E-state index contributed by atoms with van der Waals surface area (Å²) in [6.07, 6.45) is 3.66. The topological polar surface area (TPSA) is 29.1 Å². The Kier molecular flexibility index (Phi) is 6.19. The summed E-state index contributed by atoms with van der Waals surface area (Å²) < 4.78 is 0. The van der Waals surface area contributed by atoms with Gasteiger partial charge in [0.05, 0.1) is 5.75 Å². The second-order valence-corrected chi connectivity index (χ2v) is 8.31. The summed E-state index contributed by atoms with van der Waals surface area (Å²) in [4.78, 5) is 13.7. The van der Waals surface area contributed by atoms with Crippen molar-refractivity contribution in [3.63, 3.8) is 0 Å². The Balaban J connectivity index is 1.97. The van der Waals surface area contributed by atoms with Gasteiger partial charge in [0, 0.05) is 10.9 Å². The van der Waals surface area contributed by atoms with Crippen molar-refractivity contribution in [1.29, 1.82) is 0 Å². The summed E-state index contributed by atoms with van der Waals surface area (Å²) >= 11 is 1.69. The first-order valence-corrected chi connectivity index (χ1v) is 9.79. The molecule has 0 unspecified atom stereocenters. The van der Waals surface area contributed by atoms with Crippen molar-refractivity contribution in [3.05, 3.63) is 28.3 Å². The second kappa shape index (κ2) is 7.74. The first-order chi connectivity index (χ1) is 10.8. The van der Waals surface area contributed by atoms with Gasteiger partial charge in [0.1, 0.15) is 0 Å². The largest absolute Gasteiger partial charge is 0.352 e. The Hall–Kier alpha value is -0.960. The van der Waals surface area contributed by atoms with Crippen LogP contribution in [0.25, 0.3) is 0 Å². The fourth-order valence-electron chi connectivity index (χ4n) is 3.57. The van der Waals surface area contributed by atoms with Crippen molar-refractivity contribution in [2.75, 3.05) is 5.75 Å². The molecule has 0 bridgehead atoms. The van der Waals surface area contributed by atoms with Crippen LogP contribution in [-0.4, -0.2) is 17.7 Å². The number of benzene rings is 1. The maximum Gasteiger partial charge on any atom is 0.230 e. The van der Waals surface area contributed by atoms with E-state index in [1.54, 1.807) is 11.8 Å². The fraction of sp³-hybridized carbons (Fsp3) is 0.650. The number of thioether (sulfide) groups is 1. The second-order valence-electron chi connectivity index (χ2n) is 7.32. The Bertz CT molecular complexity index is 555. The molecule has 3 heteroatoms. The number of rotatable bonds is 4. The fourth-order valence-corrected chi connectivity index (χ4v) is 4.68. The minimum absolute atomic E-state index is 0.180. The molecule has 3 atom stereocenters. The zero-order chi connectivity index (χ0) is 17.1. The van der Waals surface area contributed by atoms with E-state index in [0.717, 1.165) is 6.42 Å². The molecule has 1 N–H and O–H groups in total.